The lowest BCUT2D eigenvalue weighted by Gasteiger charge is -2.14. The second-order valence-electron chi connectivity index (χ2n) is 5.25. The molecule has 0 amide bonds. The molecule has 1 aliphatic heterocycles. The highest BCUT2D eigenvalue weighted by Crippen LogP contribution is 2.10. The van der Waals surface area contributed by atoms with Crippen LogP contribution in [0.1, 0.15) is 25.3 Å². The maximum atomic E-state index is 12.1. The lowest BCUT2D eigenvalue weighted by Crippen LogP contribution is -2.21. The number of rotatable bonds is 4. The summed E-state index contributed by atoms with van der Waals surface area (Å²) in [6, 6.07) is 6.40. The van der Waals surface area contributed by atoms with Gasteiger partial charge in [0, 0.05) is 6.54 Å². The van der Waals surface area contributed by atoms with Crippen LogP contribution in [0.5, 0.6) is 0 Å². The molecule has 1 nitrogen and oxygen atoms in total. The first-order valence-electron chi connectivity index (χ1n) is 7.54. The molecule has 0 aliphatic carbocycles. The van der Waals surface area contributed by atoms with Gasteiger partial charge in [-0.25, -0.2) is 4.39 Å². The zero-order valence-corrected chi connectivity index (χ0v) is 13.2. The summed E-state index contributed by atoms with van der Waals surface area (Å²) in [4.78, 5) is 2.48. The van der Waals surface area contributed by atoms with Crippen LogP contribution in [0.4, 0.5) is 4.39 Å². The largest absolute Gasteiger partial charge is 0.299 e. The zero-order chi connectivity index (χ0) is 15.5. The van der Waals surface area contributed by atoms with Gasteiger partial charge < -0.3 is 0 Å². The predicted molar refractivity (Wildman–Crippen MR) is 89.9 cm³/mol. The van der Waals surface area contributed by atoms with Crippen molar-refractivity contribution in [1.82, 2.24) is 4.90 Å². The smallest absolute Gasteiger partial charge is 0.123 e. The number of allylic oxidation sites excluding steroid dienone is 3. The van der Waals surface area contributed by atoms with Gasteiger partial charge in [0.25, 0.3) is 0 Å². The predicted octanol–water partition coefficient (Wildman–Crippen LogP) is 4.90. The van der Waals surface area contributed by atoms with Gasteiger partial charge in [-0.1, -0.05) is 48.6 Å². The number of hydrogen-bond acceptors (Lipinski definition) is 1. The SMILES string of the molecule is C=C/C(=C\C=C/C)CN1CCCC1.Cc1ccc(F)cc1. The fraction of sp³-hybridized carbons (Fsp3) is 0.368. The van der Waals surface area contributed by atoms with Crippen LogP contribution < -0.4 is 0 Å². The lowest BCUT2D eigenvalue weighted by molar-refractivity contribution is 0.371. The van der Waals surface area contributed by atoms with Crippen molar-refractivity contribution in [1.29, 1.82) is 0 Å². The molecular formula is C19H26FN. The Balaban J connectivity index is 0.000000235. The van der Waals surface area contributed by atoms with Gasteiger partial charge in [0.1, 0.15) is 5.82 Å². The molecule has 1 aromatic rings. The Kier molecular flexibility index (Phi) is 8.37. The summed E-state index contributed by atoms with van der Waals surface area (Å²) in [6.45, 7) is 11.4. The lowest BCUT2D eigenvalue weighted by atomic mass is 10.2. The van der Waals surface area contributed by atoms with E-state index in [1.807, 2.05) is 26.0 Å². The second-order valence-corrected chi connectivity index (χ2v) is 5.25. The molecule has 0 aromatic heterocycles. The highest BCUT2D eigenvalue weighted by atomic mass is 19.1. The Bertz CT molecular complexity index is 444. The molecule has 1 heterocycles. The van der Waals surface area contributed by atoms with E-state index in [1.165, 1.54) is 43.6 Å². The molecule has 0 unspecified atom stereocenters. The number of likely N-dealkylation sites (tertiary alicyclic amines) is 1. The highest BCUT2D eigenvalue weighted by molar-refractivity contribution is 5.23. The van der Waals surface area contributed by atoms with Crippen LogP contribution in [0, 0.1) is 12.7 Å². The Morgan fingerprint density at radius 1 is 1.24 bits per heavy atom. The van der Waals surface area contributed by atoms with Crippen LogP contribution in [0.25, 0.3) is 0 Å². The van der Waals surface area contributed by atoms with Crippen molar-refractivity contribution < 1.29 is 4.39 Å². The standard InChI is InChI=1S/C12H19N.C7H7F/c1-3-5-8-12(4-2)11-13-9-6-7-10-13;1-6-2-4-7(8)5-3-6/h3-5,8H,2,6-7,9-11H2,1H3;2-5H,1H3/b5-3-,12-8+;. The molecule has 114 valence electrons. The molecule has 1 aliphatic rings. The van der Waals surface area contributed by atoms with E-state index >= 15 is 0 Å². The van der Waals surface area contributed by atoms with Gasteiger partial charge in [0.05, 0.1) is 0 Å². The molecule has 1 aromatic carbocycles. The highest BCUT2D eigenvalue weighted by Gasteiger charge is 2.11. The summed E-state index contributed by atoms with van der Waals surface area (Å²) in [5, 5.41) is 0. The molecule has 0 N–H and O–H groups in total. The van der Waals surface area contributed by atoms with Gasteiger partial charge in [-0.2, -0.15) is 0 Å². The Hall–Kier alpha value is -1.67. The van der Waals surface area contributed by atoms with E-state index in [1.54, 1.807) is 12.1 Å². The maximum absolute atomic E-state index is 12.1. The molecule has 1 saturated heterocycles. The van der Waals surface area contributed by atoms with E-state index in [9.17, 15) is 4.39 Å². The van der Waals surface area contributed by atoms with Gasteiger partial charge in [-0.15, -0.1) is 0 Å². The van der Waals surface area contributed by atoms with Crippen molar-refractivity contribution in [3.63, 3.8) is 0 Å². The average molecular weight is 287 g/mol. The molecule has 2 heteroatoms. The summed E-state index contributed by atoms with van der Waals surface area (Å²) >= 11 is 0. The number of hydrogen-bond donors (Lipinski definition) is 0. The van der Waals surface area contributed by atoms with E-state index in [4.69, 9.17) is 0 Å². The Morgan fingerprint density at radius 2 is 1.86 bits per heavy atom. The van der Waals surface area contributed by atoms with Crippen molar-refractivity contribution in [3.8, 4) is 0 Å². The van der Waals surface area contributed by atoms with Crippen LogP contribution >= 0.6 is 0 Å². The third-order valence-electron chi connectivity index (χ3n) is 3.38. The van der Waals surface area contributed by atoms with E-state index < -0.39 is 0 Å². The van der Waals surface area contributed by atoms with Crippen molar-refractivity contribution >= 4 is 0 Å². The topological polar surface area (TPSA) is 3.24 Å². The van der Waals surface area contributed by atoms with Crippen LogP contribution in [0.2, 0.25) is 0 Å². The van der Waals surface area contributed by atoms with Gasteiger partial charge in [0.2, 0.25) is 0 Å². The summed E-state index contributed by atoms with van der Waals surface area (Å²) in [5.74, 6) is -0.171. The maximum Gasteiger partial charge on any atom is 0.123 e. The van der Waals surface area contributed by atoms with Gasteiger partial charge in [0.15, 0.2) is 0 Å². The third kappa shape index (κ3) is 7.62. The summed E-state index contributed by atoms with van der Waals surface area (Å²) < 4.78 is 12.1. The molecule has 0 radical (unpaired) electrons. The van der Waals surface area contributed by atoms with Crippen LogP contribution in [-0.2, 0) is 0 Å². The molecule has 0 atom stereocenters. The molecule has 0 bridgehead atoms. The van der Waals surface area contributed by atoms with E-state index in [2.05, 4.69) is 23.6 Å². The van der Waals surface area contributed by atoms with Gasteiger partial charge >= 0.3 is 0 Å². The molecular weight excluding hydrogens is 261 g/mol. The molecule has 2 rings (SSSR count). The van der Waals surface area contributed by atoms with Crippen LogP contribution in [-0.4, -0.2) is 24.5 Å². The first-order valence-corrected chi connectivity index (χ1v) is 7.54. The fourth-order valence-electron chi connectivity index (χ4n) is 2.14. The van der Waals surface area contributed by atoms with Crippen molar-refractivity contribution in [3.05, 3.63) is 72.1 Å². The van der Waals surface area contributed by atoms with Crippen LogP contribution in [0.3, 0.4) is 0 Å². The van der Waals surface area contributed by atoms with E-state index in [0.29, 0.717) is 0 Å². The molecule has 21 heavy (non-hydrogen) atoms. The van der Waals surface area contributed by atoms with Crippen molar-refractivity contribution in [2.45, 2.75) is 26.7 Å². The zero-order valence-electron chi connectivity index (χ0n) is 13.2. The van der Waals surface area contributed by atoms with Crippen LogP contribution in [0.15, 0.2) is 60.7 Å². The fourth-order valence-corrected chi connectivity index (χ4v) is 2.14. The number of aryl methyl sites for hydroxylation is 1. The number of benzene rings is 1. The quantitative estimate of drug-likeness (QED) is 0.712. The summed E-state index contributed by atoms with van der Waals surface area (Å²) in [6.07, 6.45) is 10.9. The molecule has 0 spiro atoms. The summed E-state index contributed by atoms with van der Waals surface area (Å²) in [5.41, 5.74) is 2.41. The van der Waals surface area contributed by atoms with Gasteiger partial charge in [-0.3, -0.25) is 4.90 Å². The second kappa shape index (κ2) is 10.1. The minimum atomic E-state index is -0.171. The van der Waals surface area contributed by atoms with E-state index in [0.717, 1.165) is 12.1 Å². The Morgan fingerprint density at radius 3 is 2.33 bits per heavy atom. The average Bonchev–Trinajstić information content (AvgIpc) is 3.00. The first kappa shape index (κ1) is 17.4. The molecule has 1 fully saturated rings. The number of nitrogens with zero attached hydrogens (tertiary/aromatic N) is 1. The number of halogens is 1. The van der Waals surface area contributed by atoms with E-state index in [-0.39, 0.29) is 5.82 Å². The monoisotopic (exact) mass is 287 g/mol. The minimum Gasteiger partial charge on any atom is -0.299 e. The van der Waals surface area contributed by atoms with Crippen molar-refractivity contribution in [2.75, 3.05) is 19.6 Å². The summed E-state index contributed by atoms with van der Waals surface area (Å²) in [7, 11) is 0. The normalized spacial score (nSPS) is 15.9. The van der Waals surface area contributed by atoms with Crippen molar-refractivity contribution in [2.24, 2.45) is 0 Å². The first-order chi connectivity index (χ1) is 10.2. The third-order valence-corrected chi connectivity index (χ3v) is 3.38. The van der Waals surface area contributed by atoms with Gasteiger partial charge in [-0.05, 0) is 57.5 Å². The molecule has 0 saturated carbocycles. The minimum absolute atomic E-state index is 0.171. The Labute approximate surface area is 128 Å².